The fourth-order valence-corrected chi connectivity index (χ4v) is 5.40. The number of carbonyl (C=O) groups excluding carboxylic acids is 1. The summed E-state index contributed by atoms with van der Waals surface area (Å²) in [6.07, 6.45) is 1.56. The molecule has 0 saturated carbocycles. The van der Waals surface area contributed by atoms with Gasteiger partial charge in [0.1, 0.15) is 11.3 Å². The van der Waals surface area contributed by atoms with Crippen LogP contribution < -0.4 is 10.6 Å². The summed E-state index contributed by atoms with van der Waals surface area (Å²) in [5, 5.41) is 0. The highest BCUT2D eigenvalue weighted by Crippen LogP contribution is 2.53. The van der Waals surface area contributed by atoms with E-state index in [1.54, 1.807) is 18.4 Å². The molecule has 1 unspecified atom stereocenters. The molecule has 2 heterocycles. The first-order chi connectivity index (χ1) is 17.2. The maximum Gasteiger partial charge on any atom is 0.261 e. The fourth-order valence-electron chi connectivity index (χ4n) is 5.40. The maximum absolute atomic E-state index is 14.7. The quantitative estimate of drug-likeness (QED) is 0.339. The Morgan fingerprint density at radius 2 is 1.11 bits per heavy atom. The van der Waals surface area contributed by atoms with Crippen molar-refractivity contribution in [1.82, 2.24) is 0 Å². The van der Waals surface area contributed by atoms with Gasteiger partial charge < -0.3 is 10.2 Å². The molecule has 0 fully saturated rings. The molecule has 4 heteroatoms. The highest BCUT2D eigenvalue weighted by atomic mass is 16.3. The largest absolute Gasteiger partial charge is 0.466 e. The van der Waals surface area contributed by atoms with Crippen LogP contribution in [-0.2, 0) is 15.9 Å². The zero-order chi connectivity index (χ0) is 23.9. The van der Waals surface area contributed by atoms with Crippen molar-refractivity contribution in [1.29, 1.82) is 0 Å². The average Bonchev–Trinajstić information content (AvgIpc) is 3.55. The molecular formula is C31H24N2O2. The van der Waals surface area contributed by atoms with E-state index in [0.717, 1.165) is 22.4 Å². The van der Waals surface area contributed by atoms with Crippen molar-refractivity contribution in [3.63, 3.8) is 0 Å². The van der Waals surface area contributed by atoms with Crippen molar-refractivity contribution in [2.24, 2.45) is 5.73 Å². The molecule has 0 bridgehead atoms. The van der Waals surface area contributed by atoms with Gasteiger partial charge in [0.2, 0.25) is 0 Å². The molecule has 0 saturated heterocycles. The average molecular weight is 457 g/mol. The Kier molecular flexibility index (Phi) is 4.90. The van der Waals surface area contributed by atoms with E-state index in [4.69, 9.17) is 10.2 Å². The van der Waals surface area contributed by atoms with Crippen molar-refractivity contribution >= 4 is 11.6 Å². The Morgan fingerprint density at radius 1 is 0.629 bits per heavy atom. The molecule has 1 aromatic heterocycles. The molecule has 4 aromatic carbocycles. The van der Waals surface area contributed by atoms with Gasteiger partial charge in [0.15, 0.2) is 5.54 Å². The summed E-state index contributed by atoms with van der Waals surface area (Å²) in [5.74, 6) is 0.172. The number of nitrogens with zero attached hydrogens (tertiary/aromatic N) is 1. The van der Waals surface area contributed by atoms with Gasteiger partial charge in [-0.3, -0.25) is 9.69 Å². The molecular weight excluding hydrogens is 432 g/mol. The minimum atomic E-state index is -1.45. The number of nitrogens with two attached hydrogens (primary N) is 1. The molecule has 0 aliphatic carbocycles. The smallest absolute Gasteiger partial charge is 0.261 e. The summed E-state index contributed by atoms with van der Waals surface area (Å²) < 4.78 is 5.75. The number of fused-ring (bicyclic) bond motifs is 1. The molecule has 4 nitrogen and oxygen atoms in total. The van der Waals surface area contributed by atoms with Crippen LogP contribution in [0.2, 0.25) is 0 Å². The predicted molar refractivity (Wildman–Crippen MR) is 137 cm³/mol. The van der Waals surface area contributed by atoms with Gasteiger partial charge >= 0.3 is 0 Å². The summed E-state index contributed by atoms with van der Waals surface area (Å²) in [6.45, 7) is 0. The van der Waals surface area contributed by atoms with Crippen molar-refractivity contribution in [2.45, 2.75) is 11.1 Å². The van der Waals surface area contributed by atoms with Crippen LogP contribution >= 0.6 is 0 Å². The van der Waals surface area contributed by atoms with Gasteiger partial charge in [-0.2, -0.15) is 0 Å². The third-order valence-electron chi connectivity index (χ3n) is 6.93. The summed E-state index contributed by atoms with van der Waals surface area (Å²) >= 11 is 0. The first-order valence-electron chi connectivity index (χ1n) is 11.6. The zero-order valence-corrected chi connectivity index (χ0v) is 19.0. The first kappa shape index (κ1) is 21.1. The Labute approximate surface area is 204 Å². The first-order valence-corrected chi connectivity index (χ1v) is 11.6. The topological polar surface area (TPSA) is 59.5 Å². The number of rotatable bonds is 5. The standard InChI is InChI=1S/C31H24N2O2/c32-30(28-21-12-22-35-28)26-19-10-11-20-27(26)33(29(30)34)31(23-13-4-1-5-14-23,24-15-6-2-7-16-24)25-17-8-3-9-18-25/h1-22H,32H2. The number of amides is 1. The van der Waals surface area contributed by atoms with E-state index in [9.17, 15) is 4.79 Å². The van der Waals surface area contributed by atoms with Crippen LogP contribution in [0.5, 0.6) is 0 Å². The van der Waals surface area contributed by atoms with Crippen LogP contribution in [0.25, 0.3) is 0 Å². The lowest BCUT2D eigenvalue weighted by Gasteiger charge is -2.44. The highest BCUT2D eigenvalue weighted by Gasteiger charge is 2.58. The molecule has 0 radical (unpaired) electrons. The highest BCUT2D eigenvalue weighted by molar-refractivity contribution is 6.11. The van der Waals surface area contributed by atoms with Crippen LogP contribution in [0, 0.1) is 0 Å². The molecule has 170 valence electrons. The van der Waals surface area contributed by atoms with E-state index in [2.05, 4.69) is 36.4 Å². The van der Waals surface area contributed by atoms with Gasteiger partial charge in [0, 0.05) is 5.56 Å². The summed E-state index contributed by atoms with van der Waals surface area (Å²) in [7, 11) is 0. The maximum atomic E-state index is 14.7. The van der Waals surface area contributed by atoms with Gasteiger partial charge in [-0.15, -0.1) is 0 Å². The lowest BCUT2D eigenvalue weighted by molar-refractivity contribution is -0.123. The van der Waals surface area contributed by atoms with E-state index >= 15 is 0 Å². The van der Waals surface area contributed by atoms with Gasteiger partial charge in [-0.25, -0.2) is 0 Å². The predicted octanol–water partition coefficient (Wildman–Crippen LogP) is 5.82. The summed E-state index contributed by atoms with van der Waals surface area (Å²) in [4.78, 5) is 16.6. The monoisotopic (exact) mass is 456 g/mol. The normalized spacial score (nSPS) is 17.4. The Morgan fingerprint density at radius 3 is 1.60 bits per heavy atom. The van der Waals surface area contributed by atoms with Crippen molar-refractivity contribution in [3.8, 4) is 0 Å². The van der Waals surface area contributed by atoms with Gasteiger partial charge in [0.05, 0.1) is 12.0 Å². The second-order valence-corrected chi connectivity index (χ2v) is 8.75. The minimum absolute atomic E-state index is 0.245. The third-order valence-corrected chi connectivity index (χ3v) is 6.93. The Bertz CT molecular complexity index is 1370. The Balaban J connectivity index is 1.75. The fraction of sp³-hybridized carbons (Fsp3) is 0.0645. The van der Waals surface area contributed by atoms with Crippen LogP contribution in [0.3, 0.4) is 0 Å². The SMILES string of the molecule is NC1(c2ccco2)C(=O)N(C(c2ccccc2)(c2ccccc2)c2ccccc2)c2ccccc21. The minimum Gasteiger partial charge on any atom is -0.466 e. The van der Waals surface area contributed by atoms with Gasteiger partial charge in [-0.1, -0.05) is 109 Å². The molecule has 1 aliphatic heterocycles. The van der Waals surface area contributed by atoms with Crippen LogP contribution in [0.1, 0.15) is 28.0 Å². The zero-order valence-electron chi connectivity index (χ0n) is 19.0. The molecule has 6 rings (SSSR count). The number of para-hydroxylation sites is 1. The molecule has 5 aromatic rings. The Hall–Kier alpha value is -4.41. The van der Waals surface area contributed by atoms with Crippen LogP contribution in [-0.4, -0.2) is 5.91 Å². The molecule has 1 amide bonds. The molecule has 0 spiro atoms. The number of furan rings is 1. The van der Waals surface area contributed by atoms with E-state index in [0.29, 0.717) is 11.3 Å². The summed E-state index contributed by atoms with van der Waals surface area (Å²) in [5.41, 5.74) is 8.95. The molecule has 35 heavy (non-hydrogen) atoms. The molecule has 1 atom stereocenters. The van der Waals surface area contributed by atoms with Gasteiger partial charge in [-0.05, 0) is 34.9 Å². The van der Waals surface area contributed by atoms with Crippen LogP contribution in [0.4, 0.5) is 5.69 Å². The van der Waals surface area contributed by atoms with Crippen molar-refractivity contribution < 1.29 is 9.21 Å². The number of carbonyl (C=O) groups is 1. The van der Waals surface area contributed by atoms with Gasteiger partial charge in [0.25, 0.3) is 5.91 Å². The van der Waals surface area contributed by atoms with E-state index in [-0.39, 0.29) is 5.91 Å². The molecule has 2 N–H and O–H groups in total. The van der Waals surface area contributed by atoms with Crippen molar-refractivity contribution in [2.75, 3.05) is 4.90 Å². The van der Waals surface area contributed by atoms with E-state index in [1.165, 1.54) is 0 Å². The second kappa shape index (κ2) is 8.12. The third kappa shape index (κ3) is 2.94. The second-order valence-electron chi connectivity index (χ2n) is 8.75. The number of anilines is 1. The lowest BCUT2D eigenvalue weighted by Crippen LogP contribution is -2.56. The molecule has 1 aliphatic rings. The van der Waals surface area contributed by atoms with E-state index in [1.807, 2.05) is 83.8 Å². The number of hydrogen-bond donors (Lipinski definition) is 1. The van der Waals surface area contributed by atoms with Crippen LogP contribution in [0.15, 0.2) is 138 Å². The van der Waals surface area contributed by atoms with E-state index < -0.39 is 11.1 Å². The van der Waals surface area contributed by atoms with Crippen molar-refractivity contribution in [3.05, 3.63) is 162 Å². The summed E-state index contributed by atoms with van der Waals surface area (Å²) in [6, 6.07) is 41.7. The lowest BCUT2D eigenvalue weighted by atomic mass is 9.75. The number of benzene rings is 4. The number of hydrogen-bond acceptors (Lipinski definition) is 3.